The van der Waals surface area contributed by atoms with Crippen LogP contribution in [0.5, 0.6) is 0 Å². The van der Waals surface area contributed by atoms with Gasteiger partial charge in [-0.3, -0.25) is 4.79 Å². The Balaban J connectivity index is 1.95. The molecule has 1 aromatic rings. The predicted octanol–water partition coefficient (Wildman–Crippen LogP) is 3.96. The fourth-order valence-electron chi connectivity index (χ4n) is 2.53. The molecule has 1 saturated heterocycles. The van der Waals surface area contributed by atoms with E-state index < -0.39 is 5.60 Å². The number of amides is 1. The molecule has 1 aliphatic rings. The van der Waals surface area contributed by atoms with Crippen LogP contribution in [0.4, 0.5) is 9.18 Å². The summed E-state index contributed by atoms with van der Waals surface area (Å²) in [5, 5.41) is 0. The summed E-state index contributed by atoms with van der Waals surface area (Å²) in [6, 6.07) is 4.31. The van der Waals surface area contributed by atoms with Gasteiger partial charge in [0.15, 0.2) is 0 Å². The van der Waals surface area contributed by atoms with Crippen molar-refractivity contribution in [2.75, 3.05) is 13.1 Å². The molecule has 1 aromatic carbocycles. The zero-order chi connectivity index (χ0) is 17.2. The fourth-order valence-corrected chi connectivity index (χ4v) is 2.91. The van der Waals surface area contributed by atoms with E-state index in [4.69, 9.17) is 4.74 Å². The molecule has 1 amide bonds. The summed E-state index contributed by atoms with van der Waals surface area (Å²) >= 11 is 3.33. The van der Waals surface area contributed by atoms with Crippen LogP contribution in [-0.4, -0.2) is 35.5 Å². The molecular formula is C17H21BrFNO3. The summed E-state index contributed by atoms with van der Waals surface area (Å²) in [4.78, 5) is 26.0. The van der Waals surface area contributed by atoms with Gasteiger partial charge in [0.2, 0.25) is 0 Å². The van der Waals surface area contributed by atoms with Gasteiger partial charge >= 0.3 is 6.09 Å². The number of benzene rings is 1. The maximum absolute atomic E-state index is 13.3. The molecule has 1 heterocycles. The molecular weight excluding hydrogens is 365 g/mol. The first-order valence-corrected chi connectivity index (χ1v) is 8.39. The highest BCUT2D eigenvalue weighted by Gasteiger charge is 2.33. The first-order valence-electron chi connectivity index (χ1n) is 7.60. The summed E-state index contributed by atoms with van der Waals surface area (Å²) in [6.45, 7) is 6.30. The van der Waals surface area contributed by atoms with Gasteiger partial charge in [-0.05, 0) is 51.0 Å². The van der Waals surface area contributed by atoms with Crippen LogP contribution in [0.1, 0.15) is 32.8 Å². The molecule has 1 aliphatic heterocycles. The molecule has 0 bridgehead atoms. The quantitative estimate of drug-likeness (QED) is 0.790. The largest absolute Gasteiger partial charge is 0.444 e. The van der Waals surface area contributed by atoms with Crippen molar-refractivity contribution >= 4 is 27.8 Å². The summed E-state index contributed by atoms with van der Waals surface area (Å²) in [5.74, 6) is -0.571. The van der Waals surface area contributed by atoms with Gasteiger partial charge < -0.3 is 9.64 Å². The van der Waals surface area contributed by atoms with Crippen LogP contribution in [0.15, 0.2) is 22.7 Å². The van der Waals surface area contributed by atoms with Crippen molar-refractivity contribution in [3.8, 4) is 0 Å². The monoisotopic (exact) mass is 385 g/mol. The maximum Gasteiger partial charge on any atom is 0.410 e. The van der Waals surface area contributed by atoms with Crippen LogP contribution in [0.25, 0.3) is 0 Å². The lowest BCUT2D eigenvalue weighted by Crippen LogP contribution is -2.36. The van der Waals surface area contributed by atoms with Crippen LogP contribution < -0.4 is 0 Å². The van der Waals surface area contributed by atoms with Gasteiger partial charge in [-0.2, -0.15) is 0 Å². The Morgan fingerprint density at radius 1 is 1.39 bits per heavy atom. The van der Waals surface area contributed by atoms with Crippen molar-refractivity contribution in [1.29, 1.82) is 0 Å². The SMILES string of the molecule is CC(C)(C)OC(=O)N1CCC(C(=O)Cc2cc(F)ccc2Br)C1. The Labute approximate surface area is 144 Å². The van der Waals surface area contributed by atoms with Crippen molar-refractivity contribution in [2.24, 2.45) is 5.92 Å². The van der Waals surface area contributed by atoms with Gasteiger partial charge in [0.1, 0.15) is 17.2 Å². The number of nitrogens with zero attached hydrogens (tertiary/aromatic N) is 1. The van der Waals surface area contributed by atoms with E-state index in [1.54, 1.807) is 11.0 Å². The number of likely N-dealkylation sites (tertiary alicyclic amines) is 1. The van der Waals surface area contributed by atoms with Gasteiger partial charge in [-0.25, -0.2) is 9.18 Å². The van der Waals surface area contributed by atoms with Crippen molar-refractivity contribution in [2.45, 2.75) is 39.2 Å². The molecule has 0 saturated carbocycles. The molecule has 1 atom stereocenters. The normalized spacial score (nSPS) is 18.1. The Hall–Kier alpha value is -1.43. The highest BCUT2D eigenvalue weighted by atomic mass is 79.9. The Morgan fingerprint density at radius 2 is 2.09 bits per heavy atom. The van der Waals surface area contributed by atoms with Gasteiger partial charge in [0, 0.05) is 29.9 Å². The van der Waals surface area contributed by atoms with Gasteiger partial charge in [-0.15, -0.1) is 0 Å². The molecule has 1 fully saturated rings. The van der Waals surface area contributed by atoms with E-state index in [9.17, 15) is 14.0 Å². The number of ketones is 1. The first kappa shape index (κ1) is 17.9. The summed E-state index contributed by atoms with van der Waals surface area (Å²) < 4.78 is 19.3. The van der Waals surface area contributed by atoms with E-state index >= 15 is 0 Å². The van der Waals surface area contributed by atoms with Crippen LogP contribution in [-0.2, 0) is 16.0 Å². The number of rotatable bonds is 3. The third-order valence-electron chi connectivity index (χ3n) is 3.67. The minimum Gasteiger partial charge on any atom is -0.444 e. The zero-order valence-corrected chi connectivity index (χ0v) is 15.2. The maximum atomic E-state index is 13.3. The summed E-state index contributed by atoms with van der Waals surface area (Å²) in [7, 11) is 0. The first-order chi connectivity index (χ1) is 10.7. The Morgan fingerprint density at radius 3 is 2.74 bits per heavy atom. The number of hydrogen-bond acceptors (Lipinski definition) is 3. The Kier molecular flexibility index (Phi) is 5.45. The van der Waals surface area contributed by atoms with Crippen molar-refractivity contribution in [1.82, 2.24) is 4.90 Å². The van der Waals surface area contributed by atoms with E-state index in [2.05, 4.69) is 15.9 Å². The highest BCUT2D eigenvalue weighted by molar-refractivity contribution is 9.10. The Bertz CT molecular complexity index is 612. The van der Waals surface area contributed by atoms with E-state index in [-0.39, 0.29) is 30.0 Å². The second-order valence-corrected chi connectivity index (χ2v) is 7.65. The van der Waals surface area contributed by atoms with E-state index in [0.29, 0.717) is 29.5 Å². The summed E-state index contributed by atoms with van der Waals surface area (Å²) in [5.41, 5.74) is 0.0803. The topological polar surface area (TPSA) is 46.6 Å². The van der Waals surface area contributed by atoms with Crippen LogP contribution >= 0.6 is 15.9 Å². The fraction of sp³-hybridized carbons (Fsp3) is 0.529. The third kappa shape index (κ3) is 5.03. The lowest BCUT2D eigenvalue weighted by atomic mass is 9.97. The molecule has 0 aliphatic carbocycles. The van der Waals surface area contributed by atoms with Crippen molar-refractivity contribution in [3.63, 3.8) is 0 Å². The molecule has 1 unspecified atom stereocenters. The lowest BCUT2D eigenvalue weighted by molar-refractivity contribution is -0.121. The minimum atomic E-state index is -0.550. The van der Waals surface area contributed by atoms with Crippen LogP contribution in [0.2, 0.25) is 0 Å². The van der Waals surface area contributed by atoms with Crippen molar-refractivity contribution in [3.05, 3.63) is 34.1 Å². The number of Topliss-reactive ketones (excluding diaryl/α,β-unsaturated/α-hetero) is 1. The molecule has 0 radical (unpaired) electrons. The van der Waals surface area contributed by atoms with Crippen LogP contribution in [0, 0.1) is 11.7 Å². The molecule has 0 spiro atoms. The van der Waals surface area contributed by atoms with Gasteiger partial charge in [0.25, 0.3) is 0 Å². The highest BCUT2D eigenvalue weighted by Crippen LogP contribution is 2.24. The van der Waals surface area contributed by atoms with Gasteiger partial charge in [-0.1, -0.05) is 15.9 Å². The number of carbonyl (C=O) groups is 2. The van der Waals surface area contributed by atoms with Gasteiger partial charge in [0.05, 0.1) is 0 Å². The number of hydrogen-bond donors (Lipinski definition) is 0. The smallest absolute Gasteiger partial charge is 0.410 e. The van der Waals surface area contributed by atoms with Crippen LogP contribution in [0.3, 0.4) is 0 Å². The molecule has 0 N–H and O–H groups in total. The standard InChI is InChI=1S/C17H21BrFNO3/c1-17(2,3)23-16(22)20-7-6-11(10-20)15(21)9-12-8-13(19)4-5-14(12)18/h4-5,8,11H,6-7,9-10H2,1-3H3. The molecule has 2 rings (SSSR count). The average molecular weight is 386 g/mol. The van der Waals surface area contributed by atoms with E-state index in [0.717, 1.165) is 0 Å². The second-order valence-electron chi connectivity index (χ2n) is 6.79. The zero-order valence-electron chi connectivity index (χ0n) is 13.6. The third-order valence-corrected chi connectivity index (χ3v) is 4.44. The molecule has 6 heteroatoms. The number of halogens is 2. The lowest BCUT2D eigenvalue weighted by Gasteiger charge is -2.24. The average Bonchev–Trinajstić information content (AvgIpc) is 2.91. The summed E-state index contributed by atoms with van der Waals surface area (Å²) in [6.07, 6.45) is 0.385. The van der Waals surface area contributed by atoms with E-state index in [1.807, 2.05) is 20.8 Å². The molecule has 4 nitrogen and oxygen atoms in total. The number of carbonyl (C=O) groups excluding carboxylic acids is 2. The minimum absolute atomic E-state index is 0.0161. The molecule has 23 heavy (non-hydrogen) atoms. The molecule has 0 aromatic heterocycles. The second kappa shape index (κ2) is 6.99. The number of ether oxygens (including phenoxy) is 1. The van der Waals surface area contributed by atoms with Crippen molar-refractivity contribution < 1.29 is 18.7 Å². The predicted molar refractivity (Wildman–Crippen MR) is 88.7 cm³/mol. The van der Waals surface area contributed by atoms with E-state index in [1.165, 1.54) is 12.1 Å². The molecule has 126 valence electrons.